The van der Waals surface area contributed by atoms with Crippen LogP contribution in [0.4, 0.5) is 17.6 Å². The molecule has 0 aliphatic carbocycles. The number of methoxy groups -OCH3 is 1. The number of aromatic amines is 1. The number of hydrogen-bond donors (Lipinski definition) is 2. The summed E-state index contributed by atoms with van der Waals surface area (Å²) in [6, 6.07) is 0.828. The van der Waals surface area contributed by atoms with Gasteiger partial charge in [0.05, 0.1) is 19.0 Å². The van der Waals surface area contributed by atoms with E-state index in [2.05, 4.69) is 20.5 Å². The summed E-state index contributed by atoms with van der Waals surface area (Å²) >= 11 is 0. The minimum Gasteiger partial charge on any atom is -0.481 e. The molecule has 212 valence electrons. The van der Waals surface area contributed by atoms with Gasteiger partial charge in [-0.25, -0.2) is 9.37 Å². The van der Waals surface area contributed by atoms with Crippen LogP contribution in [0.2, 0.25) is 0 Å². The van der Waals surface area contributed by atoms with Gasteiger partial charge < -0.3 is 15.0 Å². The maximum atomic E-state index is 14.3. The molecule has 0 spiro atoms. The number of nitrogens with one attached hydrogen (secondary N) is 2. The van der Waals surface area contributed by atoms with Gasteiger partial charge in [0.2, 0.25) is 11.8 Å². The largest absolute Gasteiger partial charge is 0.481 e. The van der Waals surface area contributed by atoms with Crippen LogP contribution in [0, 0.1) is 11.7 Å². The molecule has 9 nitrogen and oxygen atoms in total. The summed E-state index contributed by atoms with van der Waals surface area (Å²) in [6.07, 6.45) is -0.521. The molecule has 3 aliphatic heterocycles. The maximum Gasteiger partial charge on any atom is 0.404 e. The quantitative estimate of drug-likeness (QED) is 0.532. The van der Waals surface area contributed by atoms with Crippen LogP contribution in [0.5, 0.6) is 5.88 Å². The van der Waals surface area contributed by atoms with Crippen molar-refractivity contribution in [3.63, 3.8) is 0 Å². The van der Waals surface area contributed by atoms with E-state index in [0.29, 0.717) is 18.5 Å². The molecular formula is C26H32F4N6O3. The summed E-state index contributed by atoms with van der Waals surface area (Å²) in [7, 11) is 1.42. The van der Waals surface area contributed by atoms with Gasteiger partial charge in [-0.1, -0.05) is 6.92 Å². The first kappa shape index (κ1) is 27.4. The second-order valence-corrected chi connectivity index (χ2v) is 10.6. The number of likely N-dealkylation sites (tertiary alicyclic amines) is 1. The molecule has 5 atom stereocenters. The Kier molecular flexibility index (Phi) is 7.53. The van der Waals surface area contributed by atoms with E-state index in [1.807, 2.05) is 0 Å². The first-order valence-corrected chi connectivity index (χ1v) is 13.3. The molecule has 0 saturated carbocycles. The predicted molar refractivity (Wildman–Crippen MR) is 132 cm³/mol. The van der Waals surface area contributed by atoms with Gasteiger partial charge in [-0.2, -0.15) is 18.3 Å². The molecule has 3 fully saturated rings. The van der Waals surface area contributed by atoms with Crippen molar-refractivity contribution in [2.24, 2.45) is 5.92 Å². The molecule has 3 aliphatic rings. The van der Waals surface area contributed by atoms with E-state index in [1.54, 1.807) is 11.8 Å². The van der Waals surface area contributed by atoms with Gasteiger partial charge in [0.25, 0.3) is 5.91 Å². The summed E-state index contributed by atoms with van der Waals surface area (Å²) in [4.78, 5) is 33.5. The number of piperidine rings is 2. The molecule has 13 heteroatoms. The number of carbonyl (C=O) groups excluding carboxylic acids is 2. The van der Waals surface area contributed by atoms with Gasteiger partial charge in [0, 0.05) is 42.2 Å². The molecule has 3 saturated heterocycles. The Balaban J connectivity index is 1.21. The summed E-state index contributed by atoms with van der Waals surface area (Å²) in [5.74, 6) is -1.11. The monoisotopic (exact) mass is 552 g/mol. The molecule has 5 heterocycles. The molecule has 0 unspecified atom stereocenters. The Bertz CT molecular complexity index is 1210. The van der Waals surface area contributed by atoms with Gasteiger partial charge >= 0.3 is 6.18 Å². The summed E-state index contributed by atoms with van der Waals surface area (Å²) in [5.41, 5.74) is 0.651. The molecule has 2 aromatic rings. The molecule has 2 bridgehead atoms. The smallest absolute Gasteiger partial charge is 0.404 e. The van der Waals surface area contributed by atoms with Crippen molar-refractivity contribution in [1.82, 2.24) is 30.3 Å². The summed E-state index contributed by atoms with van der Waals surface area (Å²) < 4.78 is 59.4. The van der Waals surface area contributed by atoms with Crippen molar-refractivity contribution >= 4 is 11.8 Å². The number of fused-ring (bicyclic) bond motifs is 2. The Morgan fingerprint density at radius 2 is 1.87 bits per heavy atom. The molecule has 0 radical (unpaired) electrons. The second-order valence-electron chi connectivity index (χ2n) is 10.6. The van der Waals surface area contributed by atoms with E-state index >= 15 is 0 Å². The first-order chi connectivity index (χ1) is 18.6. The highest BCUT2D eigenvalue weighted by Crippen LogP contribution is 2.40. The normalized spacial score (nSPS) is 27.4. The Hall–Kier alpha value is -3.22. The standard InChI is InChI=1S/C26H32F4N6O3/c1-3-35-13-15(4-7-22(35)26(28,29)30)32-24(37)14-8-16-5-6-17(9-14)36(16)25(38)21-11-20(33-34-21)18-10-23(39-2)31-12-19(18)27/h10-12,14-17,22H,3-9,13H2,1-2H3,(H,32,37)(H,33,34)/t14-,15-,16-,17+,22-/m0/s1. The lowest BCUT2D eigenvalue weighted by Crippen LogP contribution is -2.57. The number of likely N-dealkylation sites (N-methyl/N-ethyl adjacent to an activating group) is 1. The maximum absolute atomic E-state index is 14.3. The van der Waals surface area contributed by atoms with Crippen LogP contribution in [0.1, 0.15) is 55.9 Å². The van der Waals surface area contributed by atoms with E-state index in [0.717, 1.165) is 19.0 Å². The number of H-pyrrole nitrogens is 1. The minimum absolute atomic E-state index is 0.0394. The average Bonchev–Trinajstić information content (AvgIpc) is 3.50. The van der Waals surface area contributed by atoms with Crippen LogP contribution in [0.25, 0.3) is 11.3 Å². The van der Waals surface area contributed by atoms with Crippen LogP contribution >= 0.6 is 0 Å². The zero-order valence-electron chi connectivity index (χ0n) is 21.8. The average molecular weight is 553 g/mol. The summed E-state index contributed by atoms with van der Waals surface area (Å²) in [5, 5.41) is 9.83. The van der Waals surface area contributed by atoms with Crippen molar-refractivity contribution in [1.29, 1.82) is 0 Å². The third-order valence-electron chi connectivity index (χ3n) is 8.28. The van der Waals surface area contributed by atoms with Gasteiger partial charge in [-0.05, 0) is 51.1 Å². The number of carbonyl (C=O) groups is 2. The van der Waals surface area contributed by atoms with E-state index < -0.39 is 18.0 Å². The number of halogens is 4. The zero-order valence-corrected chi connectivity index (χ0v) is 21.8. The number of ether oxygens (including phenoxy) is 1. The van der Waals surface area contributed by atoms with Crippen molar-refractivity contribution in [2.75, 3.05) is 20.2 Å². The van der Waals surface area contributed by atoms with E-state index in [9.17, 15) is 27.2 Å². The fraction of sp³-hybridized carbons (Fsp3) is 0.615. The van der Waals surface area contributed by atoms with Gasteiger partial charge in [0.1, 0.15) is 6.04 Å². The number of alkyl halides is 3. The van der Waals surface area contributed by atoms with E-state index in [4.69, 9.17) is 4.74 Å². The van der Waals surface area contributed by atoms with Gasteiger partial charge in [-0.15, -0.1) is 0 Å². The number of rotatable bonds is 6. The molecule has 2 amide bonds. The van der Waals surface area contributed by atoms with Crippen molar-refractivity contribution in [2.45, 2.75) is 75.8 Å². The highest BCUT2D eigenvalue weighted by atomic mass is 19.4. The first-order valence-electron chi connectivity index (χ1n) is 13.3. The molecule has 5 rings (SSSR count). The Morgan fingerprint density at radius 3 is 2.51 bits per heavy atom. The summed E-state index contributed by atoms with van der Waals surface area (Å²) in [6.45, 7) is 2.12. The highest BCUT2D eigenvalue weighted by molar-refractivity contribution is 5.94. The Morgan fingerprint density at radius 1 is 1.15 bits per heavy atom. The van der Waals surface area contributed by atoms with E-state index in [1.165, 1.54) is 24.1 Å². The fourth-order valence-electron chi connectivity index (χ4n) is 6.36. The topological polar surface area (TPSA) is 103 Å². The van der Waals surface area contributed by atoms with Crippen molar-refractivity contribution in [3.8, 4) is 17.1 Å². The van der Waals surface area contributed by atoms with E-state index in [-0.39, 0.29) is 78.9 Å². The minimum atomic E-state index is -4.28. The molecule has 2 N–H and O–H groups in total. The predicted octanol–water partition coefficient (Wildman–Crippen LogP) is 3.53. The third-order valence-corrected chi connectivity index (χ3v) is 8.28. The van der Waals surface area contributed by atoms with Crippen LogP contribution < -0.4 is 10.1 Å². The lowest BCUT2D eigenvalue weighted by molar-refractivity contribution is -0.192. The number of pyridine rings is 1. The van der Waals surface area contributed by atoms with Crippen LogP contribution in [0.3, 0.4) is 0 Å². The Labute approximate surface area is 223 Å². The fourth-order valence-corrected chi connectivity index (χ4v) is 6.36. The number of amides is 2. The second kappa shape index (κ2) is 10.7. The third kappa shape index (κ3) is 5.45. The highest BCUT2D eigenvalue weighted by Gasteiger charge is 2.48. The van der Waals surface area contributed by atoms with Crippen molar-refractivity contribution < 1.29 is 31.9 Å². The molecule has 0 aromatic carbocycles. The van der Waals surface area contributed by atoms with Crippen molar-refractivity contribution in [3.05, 3.63) is 29.8 Å². The van der Waals surface area contributed by atoms with Crippen LogP contribution in [-0.4, -0.2) is 87.3 Å². The molecule has 39 heavy (non-hydrogen) atoms. The lowest BCUT2D eigenvalue weighted by atomic mass is 9.88. The molecular weight excluding hydrogens is 520 g/mol. The lowest BCUT2D eigenvalue weighted by Gasteiger charge is -2.41. The van der Waals surface area contributed by atoms with Crippen LogP contribution in [0.15, 0.2) is 18.3 Å². The number of nitrogens with zero attached hydrogens (tertiary/aromatic N) is 4. The van der Waals surface area contributed by atoms with Gasteiger partial charge in [0.15, 0.2) is 11.5 Å². The SMILES string of the molecule is CCN1C[C@@H](NC(=O)[C@@H]2C[C@H]3CC[C@@H](C2)N3C(=O)c2cc(-c3cc(OC)ncc3F)[nH]n2)CC[C@H]1C(F)(F)F. The molecule has 2 aromatic heterocycles. The number of hydrogen-bond acceptors (Lipinski definition) is 6. The van der Waals surface area contributed by atoms with Crippen LogP contribution in [-0.2, 0) is 4.79 Å². The number of aromatic nitrogens is 3. The van der Waals surface area contributed by atoms with Gasteiger partial charge in [-0.3, -0.25) is 19.6 Å². The zero-order chi connectivity index (χ0) is 27.9.